The molecule has 1 saturated heterocycles. The van der Waals surface area contributed by atoms with Crippen molar-refractivity contribution in [2.75, 3.05) is 31.5 Å². The van der Waals surface area contributed by atoms with Crippen LogP contribution in [0, 0.1) is 6.92 Å². The third-order valence-electron chi connectivity index (χ3n) is 5.94. The first-order valence-electron chi connectivity index (χ1n) is 11.5. The summed E-state index contributed by atoms with van der Waals surface area (Å²) in [6.45, 7) is 10.1. The van der Waals surface area contributed by atoms with E-state index in [1.165, 1.54) is 32.4 Å². The molecule has 0 atom stereocenters. The van der Waals surface area contributed by atoms with Crippen LogP contribution in [0.3, 0.4) is 0 Å². The molecule has 0 unspecified atom stereocenters. The number of likely N-dealkylation sites (tertiary alicyclic amines) is 1. The Hall–Kier alpha value is -2.99. The molecular weight excluding hydrogens is 400 g/mol. The molecule has 1 fully saturated rings. The van der Waals surface area contributed by atoms with E-state index >= 15 is 0 Å². The van der Waals surface area contributed by atoms with Crippen LogP contribution in [0.5, 0.6) is 0 Å². The minimum atomic E-state index is -0.780. The van der Waals surface area contributed by atoms with Crippen molar-refractivity contribution in [2.45, 2.75) is 45.4 Å². The Kier molecular flexibility index (Phi) is 8.99. The maximum atomic E-state index is 10.8. The zero-order chi connectivity index (χ0) is 22.8. The fourth-order valence-corrected chi connectivity index (χ4v) is 4.05. The van der Waals surface area contributed by atoms with Crippen molar-refractivity contribution in [3.05, 3.63) is 53.4 Å². The van der Waals surface area contributed by atoms with E-state index in [4.69, 9.17) is 10.1 Å². The van der Waals surface area contributed by atoms with Crippen LogP contribution in [0.4, 0.5) is 5.69 Å². The van der Waals surface area contributed by atoms with E-state index in [0.29, 0.717) is 6.42 Å². The molecule has 0 bridgehead atoms. The summed E-state index contributed by atoms with van der Waals surface area (Å²) in [6.07, 6.45) is 9.32. The van der Waals surface area contributed by atoms with Crippen molar-refractivity contribution >= 4 is 24.5 Å². The summed E-state index contributed by atoms with van der Waals surface area (Å²) in [7, 11) is 0. The molecule has 32 heavy (non-hydrogen) atoms. The first-order chi connectivity index (χ1) is 15.6. The minimum absolute atomic E-state index is 0.136. The first-order valence-corrected chi connectivity index (χ1v) is 11.5. The molecule has 0 radical (unpaired) electrons. The number of aliphatic imine (C=N–C) groups is 1. The Morgan fingerprint density at radius 3 is 2.69 bits per heavy atom. The lowest BCUT2D eigenvalue weighted by Gasteiger charge is -2.26. The zero-order valence-electron chi connectivity index (χ0n) is 19.0. The van der Waals surface area contributed by atoms with Crippen molar-refractivity contribution in [1.29, 1.82) is 0 Å². The number of pyridine rings is 1. The fourth-order valence-electron chi connectivity index (χ4n) is 4.05. The smallest absolute Gasteiger partial charge is 0.303 e. The molecule has 1 aliphatic rings. The maximum absolute atomic E-state index is 10.8. The summed E-state index contributed by atoms with van der Waals surface area (Å²) in [4.78, 5) is 22.0. The Morgan fingerprint density at radius 2 is 2.00 bits per heavy atom. The molecule has 1 aromatic carbocycles. The number of aliphatic carboxylic acids is 1. The molecule has 0 spiro atoms. The van der Waals surface area contributed by atoms with Gasteiger partial charge in [0.2, 0.25) is 0 Å². The summed E-state index contributed by atoms with van der Waals surface area (Å²) in [5, 5.41) is 12.5. The molecule has 2 heterocycles. The molecule has 1 aliphatic heterocycles. The van der Waals surface area contributed by atoms with Crippen LogP contribution in [-0.4, -0.2) is 53.9 Å². The number of carboxylic acids is 1. The molecule has 6 nitrogen and oxygen atoms in total. The van der Waals surface area contributed by atoms with Gasteiger partial charge in [-0.3, -0.25) is 9.79 Å². The Bertz CT molecular complexity index is 932. The van der Waals surface area contributed by atoms with Gasteiger partial charge in [-0.1, -0.05) is 30.7 Å². The van der Waals surface area contributed by atoms with Crippen LogP contribution >= 0.6 is 0 Å². The van der Waals surface area contributed by atoms with Gasteiger partial charge in [-0.15, -0.1) is 0 Å². The summed E-state index contributed by atoms with van der Waals surface area (Å²) >= 11 is 0. The van der Waals surface area contributed by atoms with Crippen LogP contribution in [0.2, 0.25) is 0 Å². The Labute approximate surface area is 191 Å². The Morgan fingerprint density at radius 1 is 1.25 bits per heavy atom. The van der Waals surface area contributed by atoms with Crippen molar-refractivity contribution in [3.63, 3.8) is 0 Å². The third kappa shape index (κ3) is 7.02. The van der Waals surface area contributed by atoms with E-state index in [2.05, 4.69) is 34.9 Å². The number of carbonyl (C=O) groups is 1. The maximum Gasteiger partial charge on any atom is 0.303 e. The topological polar surface area (TPSA) is 77.8 Å². The highest BCUT2D eigenvalue weighted by Crippen LogP contribution is 2.27. The van der Waals surface area contributed by atoms with Gasteiger partial charge in [0, 0.05) is 30.4 Å². The van der Waals surface area contributed by atoms with Gasteiger partial charge in [0.25, 0.3) is 0 Å². The average molecular weight is 435 g/mol. The van der Waals surface area contributed by atoms with Gasteiger partial charge >= 0.3 is 5.97 Å². The number of rotatable bonds is 11. The van der Waals surface area contributed by atoms with E-state index in [-0.39, 0.29) is 6.42 Å². The number of anilines is 1. The average Bonchev–Trinajstić information content (AvgIpc) is 2.81. The van der Waals surface area contributed by atoms with Crippen molar-refractivity contribution in [2.24, 2.45) is 4.99 Å². The lowest BCUT2D eigenvalue weighted by atomic mass is 10.0. The normalized spacial score (nSPS) is 14.5. The molecule has 1 aromatic heterocycles. The first kappa shape index (κ1) is 23.7. The van der Waals surface area contributed by atoms with Crippen LogP contribution in [0.15, 0.2) is 41.5 Å². The highest BCUT2D eigenvalue weighted by atomic mass is 16.4. The molecule has 0 saturated carbocycles. The summed E-state index contributed by atoms with van der Waals surface area (Å²) < 4.78 is 0. The SMILES string of the molecule is C=N/C=C\c1nc(-c2ccc(CCC(=O)O)cc2)cc(NCCCN2CCCCC2)c1C. The largest absolute Gasteiger partial charge is 0.481 e. The number of carboxylic acid groups (broad SMARTS) is 1. The number of benzene rings is 1. The van der Waals surface area contributed by atoms with Gasteiger partial charge in [0.05, 0.1) is 11.4 Å². The zero-order valence-corrected chi connectivity index (χ0v) is 19.0. The second kappa shape index (κ2) is 12.2. The number of piperidine rings is 1. The van der Waals surface area contributed by atoms with Crippen LogP contribution in [0.25, 0.3) is 17.3 Å². The van der Waals surface area contributed by atoms with Gasteiger partial charge in [-0.05, 0) is 82.2 Å². The highest BCUT2D eigenvalue weighted by Gasteiger charge is 2.11. The molecule has 0 amide bonds. The minimum Gasteiger partial charge on any atom is -0.481 e. The molecule has 170 valence electrons. The predicted octanol–water partition coefficient (Wildman–Crippen LogP) is 5.03. The van der Waals surface area contributed by atoms with Gasteiger partial charge in [-0.2, -0.15) is 0 Å². The predicted molar refractivity (Wildman–Crippen MR) is 132 cm³/mol. The number of hydrogen-bond donors (Lipinski definition) is 2. The molecule has 6 heteroatoms. The number of hydrogen-bond acceptors (Lipinski definition) is 5. The number of nitrogens with one attached hydrogen (secondary N) is 1. The number of aromatic nitrogens is 1. The lowest BCUT2D eigenvalue weighted by molar-refractivity contribution is -0.136. The number of nitrogens with zero attached hydrogens (tertiary/aromatic N) is 3. The quantitative estimate of drug-likeness (QED) is 0.383. The van der Waals surface area contributed by atoms with Crippen molar-refractivity contribution in [1.82, 2.24) is 9.88 Å². The van der Waals surface area contributed by atoms with Crippen LogP contribution in [0.1, 0.15) is 48.9 Å². The summed E-state index contributed by atoms with van der Waals surface area (Å²) in [5.41, 5.74) is 5.92. The highest BCUT2D eigenvalue weighted by molar-refractivity contribution is 5.71. The van der Waals surface area contributed by atoms with E-state index in [0.717, 1.165) is 53.3 Å². The molecular formula is C26H34N4O2. The number of aryl methyl sites for hydroxylation is 1. The third-order valence-corrected chi connectivity index (χ3v) is 5.94. The molecule has 3 rings (SSSR count). The van der Waals surface area contributed by atoms with Gasteiger partial charge < -0.3 is 15.3 Å². The molecule has 2 aromatic rings. The van der Waals surface area contributed by atoms with Gasteiger partial charge in [-0.25, -0.2) is 4.98 Å². The Balaban J connectivity index is 1.73. The molecule has 0 aliphatic carbocycles. The lowest BCUT2D eigenvalue weighted by Crippen LogP contribution is -2.31. The molecule has 2 N–H and O–H groups in total. The van der Waals surface area contributed by atoms with Gasteiger partial charge in [0.15, 0.2) is 0 Å². The monoisotopic (exact) mass is 434 g/mol. The second-order valence-corrected chi connectivity index (χ2v) is 8.34. The second-order valence-electron chi connectivity index (χ2n) is 8.34. The van der Waals surface area contributed by atoms with Crippen molar-refractivity contribution < 1.29 is 9.90 Å². The van der Waals surface area contributed by atoms with Crippen LogP contribution < -0.4 is 5.32 Å². The van der Waals surface area contributed by atoms with Gasteiger partial charge in [0.1, 0.15) is 0 Å². The fraction of sp³-hybridized carbons (Fsp3) is 0.423. The van der Waals surface area contributed by atoms with E-state index < -0.39 is 5.97 Å². The summed E-state index contributed by atoms with van der Waals surface area (Å²) in [6, 6.07) is 10.1. The van der Waals surface area contributed by atoms with E-state index in [1.807, 2.05) is 30.3 Å². The van der Waals surface area contributed by atoms with E-state index in [1.54, 1.807) is 6.20 Å². The van der Waals surface area contributed by atoms with Crippen molar-refractivity contribution in [3.8, 4) is 11.3 Å². The van der Waals surface area contributed by atoms with Crippen LogP contribution in [-0.2, 0) is 11.2 Å². The summed E-state index contributed by atoms with van der Waals surface area (Å²) in [5.74, 6) is -0.780. The standard InChI is InChI=1S/C26H34N4O2/c1-20-23(13-15-27-2)29-25(22-10-7-21(8-11-22)9-12-26(31)32)19-24(20)28-14-6-18-30-16-4-3-5-17-30/h7-8,10-11,13,15,19H,2-6,9,12,14,16-18H2,1H3,(H,28,29)(H,31,32)/b15-13-. The van der Waals surface area contributed by atoms with E-state index in [9.17, 15) is 4.79 Å².